The van der Waals surface area contributed by atoms with Crippen LogP contribution in [0.25, 0.3) is 0 Å². The van der Waals surface area contributed by atoms with Crippen molar-refractivity contribution in [1.82, 2.24) is 4.31 Å². The maximum Gasteiger partial charge on any atom is 0.0351 e. The summed E-state index contributed by atoms with van der Waals surface area (Å²) in [6.07, 6.45) is 0. The van der Waals surface area contributed by atoms with Gasteiger partial charge < -0.3 is 11.5 Å². The molecule has 0 saturated heterocycles. The second kappa shape index (κ2) is 10.3. The Morgan fingerprint density at radius 3 is 1.67 bits per heavy atom. The number of hydrogen-bond donors (Lipinski definition) is 2. The van der Waals surface area contributed by atoms with Crippen LogP contribution in [0.4, 0.5) is 0 Å². The fraction of sp³-hybridized carbons (Fsp3) is 0.217. The van der Waals surface area contributed by atoms with Crippen LogP contribution in [-0.4, -0.2) is 30.5 Å². The Kier molecular flexibility index (Phi) is 7.48. The van der Waals surface area contributed by atoms with Crippen LogP contribution in [0.2, 0.25) is 0 Å². The van der Waals surface area contributed by atoms with Crippen molar-refractivity contribution < 1.29 is 0 Å². The van der Waals surface area contributed by atoms with Crippen molar-refractivity contribution in [1.29, 1.82) is 0 Å². The van der Waals surface area contributed by atoms with Crippen LogP contribution in [0.15, 0.2) is 89.8 Å². The lowest BCUT2D eigenvalue weighted by Crippen LogP contribution is -2.28. The second-order valence-corrected chi connectivity index (χ2v) is 7.53. The van der Waals surface area contributed by atoms with Crippen molar-refractivity contribution in [2.75, 3.05) is 26.2 Å². The van der Waals surface area contributed by atoms with Gasteiger partial charge >= 0.3 is 0 Å². The first kappa shape index (κ1) is 19.6. The highest BCUT2D eigenvalue weighted by molar-refractivity contribution is 7.97. The predicted octanol–water partition coefficient (Wildman–Crippen LogP) is 4.09. The van der Waals surface area contributed by atoms with Gasteiger partial charge in [-0.3, -0.25) is 0 Å². The van der Waals surface area contributed by atoms with Gasteiger partial charge in [0.05, 0.1) is 0 Å². The van der Waals surface area contributed by atoms with Gasteiger partial charge in [0.1, 0.15) is 0 Å². The van der Waals surface area contributed by atoms with E-state index in [2.05, 4.69) is 89.2 Å². The van der Waals surface area contributed by atoms with Gasteiger partial charge in [-0.15, -0.1) is 0 Å². The van der Waals surface area contributed by atoms with Gasteiger partial charge in [-0.05, 0) is 34.7 Å². The van der Waals surface area contributed by atoms with Crippen LogP contribution < -0.4 is 11.5 Å². The van der Waals surface area contributed by atoms with Crippen LogP contribution in [0.1, 0.15) is 22.6 Å². The molecule has 0 aromatic heterocycles. The fourth-order valence-electron chi connectivity index (χ4n) is 3.27. The average molecular weight is 378 g/mol. The summed E-state index contributed by atoms with van der Waals surface area (Å²) >= 11 is 1.76. The van der Waals surface area contributed by atoms with E-state index in [9.17, 15) is 0 Å². The van der Waals surface area contributed by atoms with Crippen LogP contribution in [-0.2, 0) is 0 Å². The Balaban J connectivity index is 2.03. The second-order valence-electron chi connectivity index (χ2n) is 6.39. The van der Waals surface area contributed by atoms with Crippen molar-refractivity contribution in [2.24, 2.45) is 11.5 Å². The monoisotopic (exact) mass is 377 g/mol. The third-order valence-electron chi connectivity index (χ3n) is 4.48. The van der Waals surface area contributed by atoms with Gasteiger partial charge in [-0.2, -0.15) is 0 Å². The first-order valence-electron chi connectivity index (χ1n) is 9.35. The summed E-state index contributed by atoms with van der Waals surface area (Å²) in [5.41, 5.74) is 15.5. The molecule has 0 radical (unpaired) electrons. The lowest BCUT2D eigenvalue weighted by atomic mass is 9.85. The van der Waals surface area contributed by atoms with Gasteiger partial charge in [0.25, 0.3) is 0 Å². The van der Waals surface area contributed by atoms with Gasteiger partial charge in [0.2, 0.25) is 0 Å². The Labute approximate surface area is 166 Å². The van der Waals surface area contributed by atoms with Gasteiger partial charge in [0.15, 0.2) is 0 Å². The molecule has 3 rings (SSSR count). The van der Waals surface area contributed by atoms with Crippen LogP contribution in [0.3, 0.4) is 0 Å². The fourth-order valence-corrected chi connectivity index (χ4v) is 4.38. The maximum atomic E-state index is 5.80. The molecular formula is C23H27N3S. The molecule has 0 aliphatic carbocycles. The largest absolute Gasteiger partial charge is 0.329 e. The summed E-state index contributed by atoms with van der Waals surface area (Å²) in [4.78, 5) is 1.25. The lowest BCUT2D eigenvalue weighted by Gasteiger charge is -2.25. The first-order valence-corrected chi connectivity index (χ1v) is 10.1. The van der Waals surface area contributed by atoms with Crippen molar-refractivity contribution >= 4 is 11.9 Å². The summed E-state index contributed by atoms with van der Waals surface area (Å²) in [7, 11) is 0. The Hall–Kier alpha value is -2.11. The van der Waals surface area contributed by atoms with E-state index in [4.69, 9.17) is 11.5 Å². The molecule has 0 bridgehead atoms. The molecule has 27 heavy (non-hydrogen) atoms. The van der Waals surface area contributed by atoms with E-state index in [0.29, 0.717) is 13.1 Å². The number of nitrogens with two attached hydrogens (primary N) is 2. The molecule has 0 spiro atoms. The van der Waals surface area contributed by atoms with Crippen LogP contribution in [0.5, 0.6) is 0 Å². The average Bonchev–Trinajstić information content (AvgIpc) is 2.71. The zero-order valence-corrected chi connectivity index (χ0v) is 16.3. The van der Waals surface area contributed by atoms with E-state index in [1.165, 1.54) is 21.6 Å². The van der Waals surface area contributed by atoms with Crippen LogP contribution >= 0.6 is 11.9 Å². The topological polar surface area (TPSA) is 55.3 Å². The Morgan fingerprint density at radius 2 is 1.15 bits per heavy atom. The van der Waals surface area contributed by atoms with E-state index in [-0.39, 0.29) is 5.92 Å². The molecule has 140 valence electrons. The summed E-state index contributed by atoms with van der Waals surface area (Å²) in [5.74, 6) is 0.189. The molecule has 0 unspecified atom stereocenters. The van der Waals surface area contributed by atoms with Crippen molar-refractivity contribution in [3.05, 3.63) is 102 Å². The van der Waals surface area contributed by atoms with Crippen molar-refractivity contribution in [3.63, 3.8) is 0 Å². The van der Waals surface area contributed by atoms with Gasteiger partial charge in [-0.1, -0.05) is 78.9 Å². The normalized spacial score (nSPS) is 11.3. The molecular weight excluding hydrogens is 350 g/mol. The number of benzene rings is 3. The molecule has 4 heteroatoms. The summed E-state index contributed by atoms with van der Waals surface area (Å²) in [6, 6.07) is 30.0. The summed E-state index contributed by atoms with van der Waals surface area (Å²) < 4.78 is 2.26. The number of hydrogen-bond acceptors (Lipinski definition) is 4. The SMILES string of the molecule is NCCN(CCN)Sc1ccccc1C(c1ccccc1)c1ccccc1. The zero-order chi connectivity index (χ0) is 18.9. The summed E-state index contributed by atoms with van der Waals surface area (Å²) in [5, 5.41) is 0. The molecule has 0 fully saturated rings. The lowest BCUT2D eigenvalue weighted by molar-refractivity contribution is 0.491. The quantitative estimate of drug-likeness (QED) is 0.435. The molecule has 0 amide bonds. The molecule has 0 saturated carbocycles. The molecule has 3 aromatic carbocycles. The van der Waals surface area contributed by atoms with Gasteiger partial charge in [0, 0.05) is 37.0 Å². The minimum absolute atomic E-state index is 0.189. The molecule has 4 N–H and O–H groups in total. The molecule has 0 aliphatic rings. The standard InChI is InChI=1S/C23H27N3S/c24-15-17-26(18-16-25)27-22-14-8-7-13-21(22)23(19-9-3-1-4-10-19)20-11-5-2-6-12-20/h1-14,23H,15-18,24-25H2. The molecule has 0 heterocycles. The van der Waals surface area contributed by atoms with E-state index in [1.54, 1.807) is 11.9 Å². The van der Waals surface area contributed by atoms with Crippen molar-refractivity contribution in [2.45, 2.75) is 10.8 Å². The minimum atomic E-state index is 0.189. The number of nitrogens with zero attached hydrogens (tertiary/aromatic N) is 1. The highest BCUT2D eigenvalue weighted by atomic mass is 32.2. The number of rotatable bonds is 9. The summed E-state index contributed by atoms with van der Waals surface area (Å²) in [6.45, 7) is 2.88. The minimum Gasteiger partial charge on any atom is -0.329 e. The third kappa shape index (κ3) is 5.21. The van der Waals surface area contributed by atoms with Crippen LogP contribution in [0, 0.1) is 0 Å². The van der Waals surface area contributed by atoms with E-state index < -0.39 is 0 Å². The molecule has 0 atom stereocenters. The highest BCUT2D eigenvalue weighted by Gasteiger charge is 2.20. The van der Waals surface area contributed by atoms with Gasteiger partial charge in [-0.25, -0.2) is 4.31 Å². The van der Waals surface area contributed by atoms with E-state index in [1.807, 2.05) is 0 Å². The molecule has 3 nitrogen and oxygen atoms in total. The third-order valence-corrected chi connectivity index (χ3v) is 5.67. The highest BCUT2D eigenvalue weighted by Crippen LogP contribution is 2.38. The molecule has 3 aromatic rings. The first-order chi connectivity index (χ1) is 13.3. The zero-order valence-electron chi connectivity index (χ0n) is 15.5. The Bertz CT molecular complexity index is 763. The smallest absolute Gasteiger partial charge is 0.0351 e. The van der Waals surface area contributed by atoms with Crippen molar-refractivity contribution in [3.8, 4) is 0 Å². The van der Waals surface area contributed by atoms with E-state index in [0.717, 1.165) is 13.1 Å². The Morgan fingerprint density at radius 1 is 0.667 bits per heavy atom. The van der Waals surface area contributed by atoms with E-state index >= 15 is 0 Å². The predicted molar refractivity (Wildman–Crippen MR) is 116 cm³/mol. The maximum absolute atomic E-state index is 5.80. The molecule has 0 aliphatic heterocycles.